The summed E-state index contributed by atoms with van der Waals surface area (Å²) in [6.45, 7) is 0. The van der Waals surface area contributed by atoms with E-state index in [9.17, 15) is 0 Å². The summed E-state index contributed by atoms with van der Waals surface area (Å²) in [5.41, 5.74) is 7.24. The molecule has 1 unspecified atom stereocenters. The van der Waals surface area contributed by atoms with Crippen molar-refractivity contribution in [3.8, 4) is 11.1 Å². The summed E-state index contributed by atoms with van der Waals surface area (Å²) in [6.07, 6.45) is 5.75. The summed E-state index contributed by atoms with van der Waals surface area (Å²) in [6, 6.07) is 29.9. The average Bonchev–Trinajstić information content (AvgIpc) is 2.81. The van der Waals surface area contributed by atoms with Gasteiger partial charge in [-0.05, 0) is 77.3 Å². The normalized spacial score (nSPS) is 16.7. The Labute approximate surface area is 174 Å². The number of benzene rings is 6. The quantitative estimate of drug-likeness (QED) is 0.184. The predicted molar refractivity (Wildman–Crippen MR) is 129 cm³/mol. The first-order chi connectivity index (χ1) is 14.9. The Morgan fingerprint density at radius 1 is 0.567 bits per heavy atom. The third-order valence-electron chi connectivity index (χ3n) is 7.50. The zero-order valence-corrected chi connectivity index (χ0v) is 16.4. The third-order valence-corrected chi connectivity index (χ3v) is 7.50. The van der Waals surface area contributed by atoms with Gasteiger partial charge in [-0.15, -0.1) is 0 Å². The molecule has 0 aromatic heterocycles. The van der Waals surface area contributed by atoms with Gasteiger partial charge in [0, 0.05) is 5.92 Å². The molecule has 0 amide bonds. The van der Waals surface area contributed by atoms with E-state index in [1.54, 1.807) is 0 Å². The summed E-state index contributed by atoms with van der Waals surface area (Å²) in [5, 5.41) is 11.2. The summed E-state index contributed by atoms with van der Waals surface area (Å²) in [5.74, 6) is 0.464. The minimum Gasteiger partial charge on any atom is -0.0830 e. The van der Waals surface area contributed by atoms with Crippen LogP contribution in [0.4, 0.5) is 0 Å². The van der Waals surface area contributed by atoms with Crippen molar-refractivity contribution in [2.45, 2.75) is 12.3 Å². The molecule has 6 aromatic rings. The second kappa shape index (κ2) is 5.09. The van der Waals surface area contributed by atoms with Crippen molar-refractivity contribution in [3.63, 3.8) is 0 Å². The Morgan fingerprint density at radius 3 is 2.13 bits per heavy atom. The van der Waals surface area contributed by atoms with Crippen LogP contribution in [0, 0.1) is 0 Å². The van der Waals surface area contributed by atoms with Crippen molar-refractivity contribution in [2.75, 3.05) is 0 Å². The number of rotatable bonds is 0. The van der Waals surface area contributed by atoms with E-state index in [0.29, 0.717) is 5.92 Å². The minimum absolute atomic E-state index is 0.464. The second-order valence-electron chi connectivity index (χ2n) is 8.82. The summed E-state index contributed by atoms with van der Waals surface area (Å²) < 4.78 is 0. The monoisotopic (exact) mass is 378 g/mol. The van der Waals surface area contributed by atoms with E-state index in [1.165, 1.54) is 70.9 Å². The maximum absolute atomic E-state index is 2.42. The largest absolute Gasteiger partial charge is 0.0830 e. The summed E-state index contributed by atoms with van der Waals surface area (Å²) in [4.78, 5) is 0. The van der Waals surface area contributed by atoms with Gasteiger partial charge in [-0.25, -0.2) is 0 Å². The van der Waals surface area contributed by atoms with Gasteiger partial charge in [0.2, 0.25) is 0 Å². The Morgan fingerprint density at radius 2 is 1.30 bits per heavy atom. The average molecular weight is 378 g/mol. The molecule has 8 rings (SSSR count). The smallest absolute Gasteiger partial charge is 0.0142 e. The highest BCUT2D eigenvalue weighted by Gasteiger charge is 2.30. The Bertz CT molecular complexity index is 1660. The zero-order chi connectivity index (χ0) is 19.4. The van der Waals surface area contributed by atoms with Gasteiger partial charge in [-0.1, -0.05) is 91.0 Å². The molecule has 2 aliphatic rings. The fraction of sp³-hybridized carbons (Fsp3) is 0.0667. The molecule has 0 N–H and O–H groups in total. The van der Waals surface area contributed by atoms with Crippen LogP contribution < -0.4 is 0 Å². The van der Waals surface area contributed by atoms with Gasteiger partial charge in [0.25, 0.3) is 0 Å². The summed E-state index contributed by atoms with van der Waals surface area (Å²) >= 11 is 0. The highest BCUT2D eigenvalue weighted by Crippen LogP contribution is 2.53. The van der Waals surface area contributed by atoms with Crippen LogP contribution in [0.2, 0.25) is 0 Å². The molecule has 1 atom stereocenters. The lowest BCUT2D eigenvalue weighted by atomic mass is 9.71. The highest BCUT2D eigenvalue weighted by molar-refractivity contribution is 6.34. The maximum Gasteiger partial charge on any atom is 0.0142 e. The van der Waals surface area contributed by atoms with Crippen LogP contribution in [0.15, 0.2) is 84.9 Å². The van der Waals surface area contributed by atoms with Gasteiger partial charge >= 0.3 is 0 Å². The van der Waals surface area contributed by atoms with Gasteiger partial charge in [0.1, 0.15) is 0 Å². The number of allylic oxidation sites excluding steroid dienone is 1. The van der Waals surface area contributed by atoms with E-state index in [4.69, 9.17) is 0 Å². The van der Waals surface area contributed by atoms with E-state index < -0.39 is 0 Å². The van der Waals surface area contributed by atoms with Gasteiger partial charge in [-0.3, -0.25) is 0 Å². The van der Waals surface area contributed by atoms with E-state index in [1.807, 2.05) is 0 Å². The third kappa shape index (κ3) is 1.63. The molecule has 0 bridgehead atoms. The van der Waals surface area contributed by atoms with Gasteiger partial charge < -0.3 is 0 Å². The van der Waals surface area contributed by atoms with Crippen LogP contribution >= 0.6 is 0 Å². The lowest BCUT2D eigenvalue weighted by molar-refractivity contribution is 0.824. The maximum atomic E-state index is 2.42. The molecule has 0 aliphatic heterocycles. The van der Waals surface area contributed by atoms with Crippen molar-refractivity contribution in [2.24, 2.45) is 0 Å². The van der Waals surface area contributed by atoms with Crippen molar-refractivity contribution >= 4 is 49.2 Å². The first-order valence-electron chi connectivity index (χ1n) is 10.8. The number of hydrogen-bond acceptors (Lipinski definition) is 0. The molecule has 0 fully saturated rings. The van der Waals surface area contributed by atoms with Crippen molar-refractivity contribution < 1.29 is 0 Å². The number of hydrogen-bond donors (Lipinski definition) is 0. The molecular weight excluding hydrogens is 360 g/mol. The topological polar surface area (TPSA) is 0 Å². The molecule has 30 heavy (non-hydrogen) atoms. The lowest BCUT2D eigenvalue weighted by Gasteiger charge is -2.32. The Balaban J connectivity index is 1.68. The molecular formula is C30H18. The molecule has 0 heterocycles. The van der Waals surface area contributed by atoms with Gasteiger partial charge in [-0.2, -0.15) is 0 Å². The van der Waals surface area contributed by atoms with E-state index >= 15 is 0 Å². The van der Waals surface area contributed by atoms with E-state index in [0.717, 1.165) is 6.42 Å². The van der Waals surface area contributed by atoms with Crippen molar-refractivity contribution in [3.05, 3.63) is 102 Å². The first kappa shape index (κ1) is 15.2. The molecule has 0 nitrogen and oxygen atoms in total. The van der Waals surface area contributed by atoms with E-state index in [-0.39, 0.29) is 0 Å². The molecule has 0 radical (unpaired) electrons. The van der Waals surface area contributed by atoms with Crippen molar-refractivity contribution in [1.82, 2.24) is 0 Å². The lowest BCUT2D eigenvalue weighted by Crippen LogP contribution is -2.12. The van der Waals surface area contributed by atoms with Crippen LogP contribution in [0.1, 0.15) is 29.0 Å². The van der Waals surface area contributed by atoms with Gasteiger partial charge in [0.05, 0.1) is 0 Å². The molecule has 6 aromatic carbocycles. The van der Waals surface area contributed by atoms with Crippen molar-refractivity contribution in [1.29, 1.82) is 0 Å². The predicted octanol–water partition coefficient (Wildman–Crippen LogP) is 8.27. The van der Waals surface area contributed by atoms with Crippen LogP contribution in [-0.4, -0.2) is 0 Å². The van der Waals surface area contributed by atoms with Gasteiger partial charge in [0.15, 0.2) is 0 Å². The van der Waals surface area contributed by atoms with Crippen LogP contribution in [0.3, 0.4) is 0 Å². The molecule has 2 aliphatic carbocycles. The zero-order valence-electron chi connectivity index (χ0n) is 16.4. The van der Waals surface area contributed by atoms with E-state index in [2.05, 4.69) is 91.0 Å². The standard InChI is InChI=1S/C30H18/c1-5-17-6-2-10-20-24-15-16-26-22-12-4-8-18-7-3-11-21(28(18)22)25-14-13-23(29(24)30(25)26)19(9-1)27(17)20/h1-11,13-16,22H,12H2. The molecule has 0 heteroatoms. The Kier molecular flexibility index (Phi) is 2.59. The molecule has 138 valence electrons. The molecule has 0 spiro atoms. The Hall–Kier alpha value is -3.64. The first-order valence-corrected chi connectivity index (χ1v) is 10.8. The van der Waals surface area contributed by atoms with Crippen LogP contribution in [0.25, 0.3) is 60.3 Å². The molecule has 0 saturated heterocycles. The highest BCUT2D eigenvalue weighted by atomic mass is 14.3. The fourth-order valence-electron chi connectivity index (χ4n) is 6.36. The minimum atomic E-state index is 0.464. The molecule has 0 saturated carbocycles. The SMILES string of the molecule is C1=Cc2cccc3c2C(C1)c1ccc2c4cccc5cccc(c6ccc-3c1c62)c54. The number of fused-ring (bicyclic) bond motifs is 4. The second-order valence-corrected chi connectivity index (χ2v) is 8.82. The fourth-order valence-corrected chi connectivity index (χ4v) is 6.36. The van der Waals surface area contributed by atoms with Crippen LogP contribution in [0.5, 0.6) is 0 Å². The van der Waals surface area contributed by atoms with Crippen LogP contribution in [-0.2, 0) is 0 Å². The summed E-state index contributed by atoms with van der Waals surface area (Å²) in [7, 11) is 0.